The Labute approximate surface area is 118 Å². The summed E-state index contributed by atoms with van der Waals surface area (Å²) in [5, 5.41) is 6.90. The van der Waals surface area contributed by atoms with Crippen molar-refractivity contribution in [1.29, 1.82) is 0 Å². The maximum atomic E-state index is 5.86. The second-order valence-corrected chi connectivity index (χ2v) is 5.70. The summed E-state index contributed by atoms with van der Waals surface area (Å²) in [5.74, 6) is 7.39. The summed E-state index contributed by atoms with van der Waals surface area (Å²) in [4.78, 5) is 0. The molecule has 2 rings (SSSR count). The highest BCUT2D eigenvalue weighted by Crippen LogP contribution is 2.22. The second kappa shape index (κ2) is 5.57. The van der Waals surface area contributed by atoms with Gasteiger partial charge in [0, 0.05) is 5.92 Å². The molecular weight excluding hydrogens is 256 g/mol. The highest BCUT2D eigenvalue weighted by Gasteiger charge is 2.14. The lowest BCUT2D eigenvalue weighted by atomic mass is 9.96. The van der Waals surface area contributed by atoms with Gasteiger partial charge < -0.3 is 5.84 Å². The van der Waals surface area contributed by atoms with Gasteiger partial charge in [-0.05, 0) is 35.7 Å². The van der Waals surface area contributed by atoms with Crippen LogP contribution in [-0.2, 0) is 6.42 Å². The van der Waals surface area contributed by atoms with Crippen LogP contribution in [0.5, 0.6) is 0 Å². The lowest BCUT2D eigenvalue weighted by Crippen LogP contribution is -2.15. The summed E-state index contributed by atoms with van der Waals surface area (Å²) in [6, 6.07) is 8.63. The van der Waals surface area contributed by atoms with Crippen molar-refractivity contribution in [3.8, 4) is 0 Å². The van der Waals surface area contributed by atoms with Gasteiger partial charge in [0.25, 0.3) is 0 Å². The number of nitrogens with one attached hydrogen (secondary N) is 1. The monoisotopic (exact) mass is 276 g/mol. The summed E-state index contributed by atoms with van der Waals surface area (Å²) >= 11 is 5.03. The number of nitrogens with zero attached hydrogens (tertiary/aromatic N) is 2. The molecule has 0 amide bonds. The average molecular weight is 276 g/mol. The predicted molar refractivity (Wildman–Crippen MR) is 80.1 cm³/mol. The van der Waals surface area contributed by atoms with Crippen molar-refractivity contribution in [2.75, 3.05) is 5.84 Å². The number of hydrogen-bond acceptors (Lipinski definition) is 3. The Balaban J connectivity index is 2.22. The minimum Gasteiger partial charge on any atom is -0.335 e. The summed E-state index contributed by atoms with van der Waals surface area (Å²) in [7, 11) is 0. The third kappa shape index (κ3) is 3.04. The van der Waals surface area contributed by atoms with Crippen LogP contribution in [0, 0.1) is 10.7 Å². The lowest BCUT2D eigenvalue weighted by Gasteiger charge is -2.12. The maximum absolute atomic E-state index is 5.86. The maximum Gasteiger partial charge on any atom is 0.214 e. The molecule has 102 valence electrons. The van der Waals surface area contributed by atoms with Gasteiger partial charge in [-0.3, -0.25) is 5.10 Å². The van der Waals surface area contributed by atoms with Crippen molar-refractivity contribution in [3.05, 3.63) is 46.0 Å². The quantitative estimate of drug-likeness (QED) is 0.666. The molecule has 0 saturated carbocycles. The Morgan fingerprint density at radius 3 is 2.37 bits per heavy atom. The Kier molecular flexibility index (Phi) is 4.04. The molecule has 1 atom stereocenters. The molecule has 1 aromatic carbocycles. The Morgan fingerprint density at radius 1 is 1.26 bits per heavy atom. The smallest absolute Gasteiger partial charge is 0.214 e. The van der Waals surface area contributed by atoms with E-state index >= 15 is 0 Å². The van der Waals surface area contributed by atoms with Gasteiger partial charge in [-0.15, -0.1) is 0 Å². The van der Waals surface area contributed by atoms with Gasteiger partial charge in [-0.1, -0.05) is 45.0 Å². The minimum absolute atomic E-state index is 0.117. The van der Waals surface area contributed by atoms with Crippen LogP contribution in [0.25, 0.3) is 0 Å². The number of nitrogen functional groups attached to an aromatic ring is 1. The molecule has 4 nitrogen and oxygen atoms in total. The fourth-order valence-corrected chi connectivity index (χ4v) is 2.32. The first-order valence-electron chi connectivity index (χ1n) is 6.50. The molecule has 0 spiro atoms. The van der Waals surface area contributed by atoms with E-state index in [0.717, 1.165) is 12.2 Å². The van der Waals surface area contributed by atoms with Crippen LogP contribution >= 0.6 is 12.2 Å². The third-order valence-corrected chi connectivity index (χ3v) is 3.53. The van der Waals surface area contributed by atoms with E-state index in [4.69, 9.17) is 18.1 Å². The van der Waals surface area contributed by atoms with Gasteiger partial charge in [0.2, 0.25) is 4.77 Å². The van der Waals surface area contributed by atoms with E-state index in [9.17, 15) is 0 Å². The highest BCUT2D eigenvalue weighted by atomic mass is 32.1. The van der Waals surface area contributed by atoms with E-state index < -0.39 is 0 Å². The molecule has 0 radical (unpaired) electrons. The number of benzene rings is 1. The number of nitrogens with two attached hydrogens (primary N) is 1. The first-order chi connectivity index (χ1) is 8.99. The van der Waals surface area contributed by atoms with E-state index in [-0.39, 0.29) is 5.92 Å². The third-order valence-electron chi connectivity index (χ3n) is 3.24. The van der Waals surface area contributed by atoms with Crippen molar-refractivity contribution in [2.45, 2.75) is 33.1 Å². The summed E-state index contributed by atoms with van der Waals surface area (Å²) < 4.78 is 1.88. The summed E-state index contributed by atoms with van der Waals surface area (Å²) in [6.07, 6.45) is 1.10. The van der Waals surface area contributed by atoms with Gasteiger partial charge in [0.15, 0.2) is 5.82 Å². The van der Waals surface area contributed by atoms with Crippen LogP contribution < -0.4 is 5.84 Å². The molecule has 0 fully saturated rings. The molecule has 1 heterocycles. The van der Waals surface area contributed by atoms with Crippen molar-refractivity contribution in [3.63, 3.8) is 0 Å². The molecule has 2 aromatic rings. The number of aromatic nitrogens is 3. The van der Waals surface area contributed by atoms with Crippen molar-refractivity contribution in [1.82, 2.24) is 14.9 Å². The molecule has 1 aromatic heterocycles. The van der Waals surface area contributed by atoms with Crippen LogP contribution in [0.3, 0.4) is 0 Å². The van der Waals surface area contributed by atoms with Gasteiger partial charge in [0.1, 0.15) is 0 Å². The van der Waals surface area contributed by atoms with E-state index in [2.05, 4.69) is 55.2 Å². The predicted octanol–water partition coefficient (Wildman–Crippen LogP) is 3.00. The number of aromatic amines is 1. The van der Waals surface area contributed by atoms with Crippen LogP contribution in [0.1, 0.15) is 43.6 Å². The average Bonchev–Trinajstić information content (AvgIpc) is 2.69. The van der Waals surface area contributed by atoms with Gasteiger partial charge >= 0.3 is 0 Å². The van der Waals surface area contributed by atoms with Crippen LogP contribution in [-0.4, -0.2) is 14.9 Å². The zero-order valence-electron chi connectivity index (χ0n) is 11.6. The fourth-order valence-electron chi connectivity index (χ4n) is 2.19. The van der Waals surface area contributed by atoms with E-state index in [0.29, 0.717) is 10.7 Å². The largest absolute Gasteiger partial charge is 0.335 e. The Morgan fingerprint density at radius 2 is 1.89 bits per heavy atom. The highest BCUT2D eigenvalue weighted by molar-refractivity contribution is 7.71. The molecule has 19 heavy (non-hydrogen) atoms. The fraction of sp³-hybridized carbons (Fsp3) is 0.429. The van der Waals surface area contributed by atoms with Crippen LogP contribution in [0.15, 0.2) is 24.3 Å². The first-order valence-corrected chi connectivity index (χ1v) is 6.91. The topological polar surface area (TPSA) is 59.6 Å². The lowest BCUT2D eigenvalue weighted by molar-refractivity contribution is 0.647. The zero-order chi connectivity index (χ0) is 14.0. The molecule has 0 bridgehead atoms. The molecule has 0 aliphatic carbocycles. The molecule has 0 unspecified atom stereocenters. The summed E-state index contributed by atoms with van der Waals surface area (Å²) in [5.41, 5.74) is 2.55. The van der Waals surface area contributed by atoms with Crippen molar-refractivity contribution >= 4 is 12.2 Å². The van der Waals surface area contributed by atoms with Gasteiger partial charge in [0.05, 0.1) is 0 Å². The molecule has 5 heteroatoms. The van der Waals surface area contributed by atoms with Crippen LogP contribution in [0.2, 0.25) is 0 Å². The molecule has 0 saturated heterocycles. The second-order valence-electron chi connectivity index (χ2n) is 5.32. The van der Waals surface area contributed by atoms with E-state index in [1.807, 2.05) is 0 Å². The van der Waals surface area contributed by atoms with Crippen molar-refractivity contribution in [2.24, 2.45) is 5.92 Å². The minimum atomic E-state index is 0.117. The zero-order valence-corrected chi connectivity index (χ0v) is 12.4. The Hall–Kier alpha value is -1.62. The summed E-state index contributed by atoms with van der Waals surface area (Å²) in [6.45, 7) is 6.52. The number of H-pyrrole nitrogens is 1. The molecule has 0 aliphatic heterocycles. The van der Waals surface area contributed by atoms with Crippen molar-refractivity contribution < 1.29 is 0 Å². The number of hydrogen-bond donors (Lipinski definition) is 2. The number of rotatable bonds is 4. The normalized spacial score (nSPS) is 12.8. The first kappa shape index (κ1) is 13.8. The van der Waals surface area contributed by atoms with Gasteiger partial charge in [-0.2, -0.15) is 5.10 Å². The van der Waals surface area contributed by atoms with E-state index in [1.54, 1.807) is 0 Å². The van der Waals surface area contributed by atoms with Crippen LogP contribution in [0.4, 0.5) is 0 Å². The SMILES string of the molecule is CC(C)Cc1ccc([C@H](C)c2n[nH]c(=S)n2N)cc1. The van der Waals surface area contributed by atoms with Gasteiger partial charge in [-0.25, -0.2) is 4.68 Å². The molecule has 0 aliphatic rings. The molecule has 3 N–H and O–H groups in total. The van der Waals surface area contributed by atoms with E-state index in [1.165, 1.54) is 15.8 Å². The Bertz CT molecular complexity index is 595. The standard InChI is InChI=1S/C14H20N4S/c1-9(2)8-11-4-6-12(7-5-11)10(3)13-16-17-14(19)18(13)15/h4-7,9-10H,8,15H2,1-3H3,(H,17,19)/t10-/m0/s1. The molecular formula is C14H20N4S.